The van der Waals surface area contributed by atoms with Crippen LogP contribution >= 0.6 is 0 Å². The van der Waals surface area contributed by atoms with Crippen LogP contribution in [0.25, 0.3) is 33.0 Å². The highest BCUT2D eigenvalue weighted by Crippen LogP contribution is 2.25. The fraction of sp³-hybridized carbons (Fsp3) is 0. The molecule has 0 aliphatic heterocycles. The summed E-state index contributed by atoms with van der Waals surface area (Å²) < 4.78 is 5.46. The maximum absolute atomic E-state index is 12.9. The standard InChI is InChI=1S/C18H9NO4/c20-13-7-8-19-16(18(13)22)12-9-23-14-6-5-10-3-1-2-4-11(10)15(14)17(12)21/h1-4,7-9,22H,(H,19,20). The Morgan fingerprint density at radius 1 is 1.09 bits per heavy atom. The van der Waals surface area contributed by atoms with Gasteiger partial charge in [0, 0.05) is 23.0 Å². The van der Waals surface area contributed by atoms with Crippen LogP contribution in [0, 0.1) is 12.1 Å². The van der Waals surface area contributed by atoms with Crippen molar-refractivity contribution in [2.24, 2.45) is 0 Å². The third-order valence-electron chi connectivity index (χ3n) is 3.70. The van der Waals surface area contributed by atoms with Gasteiger partial charge < -0.3 is 14.5 Å². The molecule has 0 bridgehead atoms. The Morgan fingerprint density at radius 2 is 1.91 bits per heavy atom. The van der Waals surface area contributed by atoms with Crippen LogP contribution in [0.2, 0.25) is 0 Å². The van der Waals surface area contributed by atoms with Gasteiger partial charge in [0.2, 0.25) is 10.9 Å². The van der Waals surface area contributed by atoms with E-state index >= 15 is 0 Å². The van der Waals surface area contributed by atoms with E-state index in [1.165, 1.54) is 18.5 Å². The summed E-state index contributed by atoms with van der Waals surface area (Å²) in [6, 6.07) is 14.2. The second-order valence-electron chi connectivity index (χ2n) is 5.04. The summed E-state index contributed by atoms with van der Waals surface area (Å²) in [4.78, 5) is 27.2. The molecule has 2 aromatic carbocycles. The number of aromatic hydroxyl groups is 1. The van der Waals surface area contributed by atoms with Crippen molar-refractivity contribution in [3.8, 4) is 17.0 Å². The van der Waals surface area contributed by atoms with Crippen molar-refractivity contribution >= 4 is 21.7 Å². The van der Waals surface area contributed by atoms with E-state index in [1.807, 2.05) is 18.2 Å². The zero-order valence-electron chi connectivity index (χ0n) is 11.7. The predicted octanol–water partition coefficient (Wildman–Crippen LogP) is 2.61. The number of pyridine rings is 1. The molecule has 23 heavy (non-hydrogen) atoms. The van der Waals surface area contributed by atoms with E-state index in [9.17, 15) is 14.7 Å². The molecule has 2 heterocycles. The Morgan fingerprint density at radius 3 is 2.78 bits per heavy atom. The highest BCUT2D eigenvalue weighted by Gasteiger charge is 2.16. The molecule has 0 fully saturated rings. The Bertz CT molecular complexity index is 1170. The molecule has 2 N–H and O–H groups in total. The first-order chi connectivity index (χ1) is 11.2. The number of aromatic nitrogens is 1. The normalized spacial score (nSPS) is 10.8. The summed E-state index contributed by atoms with van der Waals surface area (Å²) in [6.45, 7) is 0. The number of nitrogens with one attached hydrogen (secondary N) is 1. The Labute approximate surface area is 129 Å². The molecule has 0 amide bonds. The first kappa shape index (κ1) is 13.2. The molecule has 0 atom stereocenters. The number of fused-ring (bicyclic) bond motifs is 3. The van der Waals surface area contributed by atoms with Crippen molar-refractivity contribution < 1.29 is 9.52 Å². The van der Waals surface area contributed by atoms with Gasteiger partial charge in [0.05, 0.1) is 16.6 Å². The molecule has 0 saturated carbocycles. The van der Waals surface area contributed by atoms with E-state index < -0.39 is 11.2 Å². The summed E-state index contributed by atoms with van der Waals surface area (Å²) in [7, 11) is 0. The van der Waals surface area contributed by atoms with Crippen LogP contribution in [0.1, 0.15) is 0 Å². The molecule has 0 aliphatic rings. The van der Waals surface area contributed by atoms with E-state index in [1.54, 1.807) is 6.07 Å². The lowest BCUT2D eigenvalue weighted by Gasteiger charge is -2.05. The number of benzene rings is 1. The quantitative estimate of drug-likeness (QED) is 0.566. The molecule has 5 nitrogen and oxygen atoms in total. The average Bonchev–Trinajstić information content (AvgIpc) is 2.58. The van der Waals surface area contributed by atoms with E-state index in [4.69, 9.17) is 4.42 Å². The first-order valence-corrected chi connectivity index (χ1v) is 6.85. The maximum atomic E-state index is 12.9. The first-order valence-electron chi connectivity index (χ1n) is 6.85. The van der Waals surface area contributed by atoms with Gasteiger partial charge in [-0.25, -0.2) is 0 Å². The van der Waals surface area contributed by atoms with E-state index in [-0.39, 0.29) is 22.3 Å². The van der Waals surface area contributed by atoms with Crippen LogP contribution in [-0.4, -0.2) is 10.1 Å². The second-order valence-corrected chi connectivity index (χ2v) is 5.04. The molecular weight excluding hydrogens is 294 g/mol. The molecule has 0 unspecified atom stereocenters. The van der Waals surface area contributed by atoms with Gasteiger partial charge in [-0.05, 0) is 12.1 Å². The summed E-state index contributed by atoms with van der Waals surface area (Å²) in [5.41, 5.74) is -0.543. The van der Waals surface area contributed by atoms with Crippen molar-refractivity contribution in [1.82, 2.24) is 4.98 Å². The molecular formula is C18H9NO4. The highest BCUT2D eigenvalue weighted by molar-refractivity contribution is 6.04. The molecule has 110 valence electrons. The molecule has 0 saturated heterocycles. The zero-order valence-corrected chi connectivity index (χ0v) is 11.7. The van der Waals surface area contributed by atoms with Crippen molar-refractivity contribution in [3.63, 3.8) is 0 Å². The number of hydrogen-bond donors (Lipinski definition) is 2. The van der Waals surface area contributed by atoms with Crippen LogP contribution in [0.4, 0.5) is 0 Å². The lowest BCUT2D eigenvalue weighted by Crippen LogP contribution is -2.09. The molecule has 5 heteroatoms. The number of hydrogen-bond acceptors (Lipinski definition) is 4. The van der Waals surface area contributed by atoms with Gasteiger partial charge in [-0.1, -0.05) is 24.3 Å². The zero-order chi connectivity index (χ0) is 16.0. The van der Waals surface area contributed by atoms with Crippen LogP contribution in [-0.2, 0) is 0 Å². The van der Waals surface area contributed by atoms with Gasteiger partial charge in [-0.2, -0.15) is 0 Å². The van der Waals surface area contributed by atoms with Crippen LogP contribution in [0.3, 0.4) is 0 Å². The van der Waals surface area contributed by atoms with Crippen LogP contribution < -0.4 is 10.9 Å². The minimum atomic E-state index is -0.573. The summed E-state index contributed by atoms with van der Waals surface area (Å²) in [5, 5.41) is 11.7. The van der Waals surface area contributed by atoms with Crippen molar-refractivity contribution in [2.75, 3.05) is 0 Å². The van der Waals surface area contributed by atoms with E-state index in [0.29, 0.717) is 10.8 Å². The summed E-state index contributed by atoms with van der Waals surface area (Å²) in [6.07, 6.45) is 2.57. The topological polar surface area (TPSA) is 83.3 Å². The minimum absolute atomic E-state index is 0.0325. The third kappa shape index (κ3) is 1.89. The molecule has 0 spiro atoms. The van der Waals surface area contributed by atoms with Crippen molar-refractivity contribution in [3.05, 3.63) is 75.4 Å². The van der Waals surface area contributed by atoms with E-state index in [2.05, 4.69) is 17.1 Å². The molecule has 4 aromatic rings. The fourth-order valence-corrected chi connectivity index (χ4v) is 2.59. The monoisotopic (exact) mass is 303 g/mol. The number of aromatic amines is 1. The van der Waals surface area contributed by atoms with Crippen LogP contribution in [0.5, 0.6) is 5.75 Å². The predicted molar refractivity (Wildman–Crippen MR) is 85.4 cm³/mol. The number of rotatable bonds is 1. The van der Waals surface area contributed by atoms with Crippen molar-refractivity contribution in [2.45, 2.75) is 0 Å². The largest absolute Gasteiger partial charge is 0.503 e. The fourth-order valence-electron chi connectivity index (χ4n) is 2.59. The van der Waals surface area contributed by atoms with Crippen LogP contribution in [0.15, 0.2) is 56.8 Å². The Hall–Kier alpha value is -3.52. The minimum Gasteiger partial charge on any atom is -0.503 e. The van der Waals surface area contributed by atoms with Gasteiger partial charge >= 0.3 is 0 Å². The molecule has 4 rings (SSSR count). The lowest BCUT2D eigenvalue weighted by molar-refractivity contribution is 0.469. The Balaban J connectivity index is 2.16. The second kappa shape index (κ2) is 4.75. The van der Waals surface area contributed by atoms with Gasteiger partial charge in [-0.3, -0.25) is 9.59 Å². The molecule has 0 aliphatic carbocycles. The lowest BCUT2D eigenvalue weighted by atomic mass is 10.0. The van der Waals surface area contributed by atoms with Gasteiger partial charge in [0.15, 0.2) is 11.3 Å². The van der Waals surface area contributed by atoms with E-state index in [0.717, 1.165) is 5.39 Å². The maximum Gasteiger partial charge on any atom is 0.223 e. The Kier molecular flexibility index (Phi) is 2.72. The average molecular weight is 303 g/mol. The van der Waals surface area contributed by atoms with Gasteiger partial charge in [0.1, 0.15) is 6.26 Å². The highest BCUT2D eigenvalue weighted by atomic mass is 16.3. The number of H-pyrrole nitrogens is 1. The summed E-state index contributed by atoms with van der Waals surface area (Å²) in [5.74, 6) is -0.519. The van der Waals surface area contributed by atoms with Crippen molar-refractivity contribution in [1.29, 1.82) is 0 Å². The molecule has 0 radical (unpaired) electrons. The van der Waals surface area contributed by atoms with Gasteiger partial charge in [0.25, 0.3) is 0 Å². The molecule has 2 aromatic heterocycles. The third-order valence-corrected chi connectivity index (χ3v) is 3.70. The summed E-state index contributed by atoms with van der Waals surface area (Å²) >= 11 is 0. The van der Waals surface area contributed by atoms with Gasteiger partial charge in [-0.15, -0.1) is 0 Å². The SMILES string of the molecule is O=c1cc[nH]c(-c2coc3c#cc4ccccc4c3c2=O)c1O. The smallest absolute Gasteiger partial charge is 0.223 e.